The highest BCUT2D eigenvalue weighted by atomic mass is 16.5. The summed E-state index contributed by atoms with van der Waals surface area (Å²) in [5.74, 6) is 0.881. The summed E-state index contributed by atoms with van der Waals surface area (Å²) in [6.45, 7) is 0. The summed E-state index contributed by atoms with van der Waals surface area (Å²) in [6, 6.07) is 8.16. The normalized spacial score (nSPS) is 11.0. The molecule has 3 heteroatoms. The smallest absolute Gasteiger partial charge is 0.119 e. The number of aromatic nitrogens is 2. The molecule has 0 aliphatic heterocycles. The first-order valence-corrected chi connectivity index (χ1v) is 4.77. The van der Waals surface area contributed by atoms with Gasteiger partial charge in [-0.25, -0.2) is 0 Å². The topological polar surface area (TPSA) is 26.5 Å². The van der Waals surface area contributed by atoms with Crippen LogP contribution in [-0.4, -0.2) is 16.5 Å². The van der Waals surface area contributed by atoms with Crippen LogP contribution in [0.2, 0.25) is 0 Å². The minimum atomic E-state index is 0.881. The lowest BCUT2D eigenvalue weighted by Crippen LogP contribution is -1.84. The summed E-state index contributed by atoms with van der Waals surface area (Å²) in [5.41, 5.74) is 2.27. The van der Waals surface area contributed by atoms with Gasteiger partial charge >= 0.3 is 0 Å². The number of ether oxygens (including phenoxy) is 1. The predicted octanol–water partition coefficient (Wildman–Crippen LogP) is 2.50. The van der Waals surface area contributed by atoms with Crippen LogP contribution < -0.4 is 4.74 Å². The Kier molecular flexibility index (Phi) is 1.65. The summed E-state index contributed by atoms with van der Waals surface area (Å²) in [7, 11) is 1.68. The molecule has 0 atom stereocenters. The van der Waals surface area contributed by atoms with Crippen molar-refractivity contribution in [1.29, 1.82) is 0 Å². The highest BCUT2D eigenvalue weighted by Crippen LogP contribution is 2.23. The minimum Gasteiger partial charge on any atom is -0.497 e. The fourth-order valence-electron chi connectivity index (χ4n) is 1.85. The van der Waals surface area contributed by atoms with Gasteiger partial charge in [-0.2, -0.15) is 0 Å². The van der Waals surface area contributed by atoms with E-state index in [9.17, 15) is 0 Å². The van der Waals surface area contributed by atoms with E-state index in [1.807, 2.05) is 24.5 Å². The Bertz CT molecular complexity index is 628. The number of hydrogen-bond acceptors (Lipinski definition) is 2. The van der Waals surface area contributed by atoms with Crippen molar-refractivity contribution in [3.05, 3.63) is 42.9 Å². The van der Waals surface area contributed by atoms with Crippen molar-refractivity contribution in [1.82, 2.24) is 9.38 Å². The van der Waals surface area contributed by atoms with E-state index in [1.165, 1.54) is 10.9 Å². The van der Waals surface area contributed by atoms with Gasteiger partial charge in [0.2, 0.25) is 0 Å². The van der Waals surface area contributed by atoms with Gasteiger partial charge in [-0.1, -0.05) is 0 Å². The first-order chi connectivity index (χ1) is 7.38. The summed E-state index contributed by atoms with van der Waals surface area (Å²) < 4.78 is 7.31. The van der Waals surface area contributed by atoms with Crippen LogP contribution >= 0.6 is 0 Å². The third-order valence-electron chi connectivity index (χ3n) is 2.58. The van der Waals surface area contributed by atoms with Crippen LogP contribution in [0, 0.1) is 0 Å². The van der Waals surface area contributed by atoms with Gasteiger partial charge in [0.1, 0.15) is 5.75 Å². The molecule has 0 aliphatic rings. The standard InChI is InChI=1S/C12H10N2O/c1-15-11-2-3-12-9(7-11)6-10-8-13-4-5-14(10)12/h2-8H,1H3. The first-order valence-electron chi connectivity index (χ1n) is 4.77. The second-order valence-corrected chi connectivity index (χ2v) is 3.44. The number of rotatable bonds is 1. The van der Waals surface area contributed by atoms with Gasteiger partial charge in [-0.05, 0) is 24.3 Å². The van der Waals surface area contributed by atoms with Gasteiger partial charge in [-0.15, -0.1) is 0 Å². The van der Waals surface area contributed by atoms with Gasteiger partial charge < -0.3 is 9.14 Å². The molecule has 3 rings (SSSR count). The quantitative estimate of drug-likeness (QED) is 0.600. The molecule has 0 saturated heterocycles. The third-order valence-corrected chi connectivity index (χ3v) is 2.58. The molecule has 0 aliphatic carbocycles. The lowest BCUT2D eigenvalue weighted by molar-refractivity contribution is 0.415. The lowest BCUT2D eigenvalue weighted by Gasteiger charge is -1.99. The fraction of sp³-hybridized carbons (Fsp3) is 0.0833. The number of hydrogen-bond donors (Lipinski definition) is 0. The zero-order chi connectivity index (χ0) is 10.3. The molecule has 3 nitrogen and oxygen atoms in total. The van der Waals surface area contributed by atoms with E-state index in [0.717, 1.165) is 11.3 Å². The largest absolute Gasteiger partial charge is 0.497 e. The first kappa shape index (κ1) is 8.29. The van der Waals surface area contributed by atoms with E-state index in [0.29, 0.717) is 0 Å². The molecule has 0 spiro atoms. The summed E-state index contributed by atoms with van der Waals surface area (Å²) in [4.78, 5) is 4.10. The lowest BCUT2D eigenvalue weighted by atomic mass is 10.2. The fourth-order valence-corrected chi connectivity index (χ4v) is 1.85. The summed E-state index contributed by atoms with van der Waals surface area (Å²) in [6.07, 6.45) is 5.60. The molecule has 1 aromatic carbocycles. The highest BCUT2D eigenvalue weighted by Gasteiger charge is 2.02. The van der Waals surface area contributed by atoms with E-state index in [-0.39, 0.29) is 0 Å². The van der Waals surface area contributed by atoms with Crippen molar-refractivity contribution in [3.8, 4) is 5.75 Å². The van der Waals surface area contributed by atoms with Crippen LogP contribution in [0.25, 0.3) is 16.4 Å². The average molecular weight is 198 g/mol. The Morgan fingerprint density at radius 2 is 2.20 bits per heavy atom. The zero-order valence-corrected chi connectivity index (χ0v) is 8.34. The molecule has 2 aromatic heterocycles. The summed E-state index contributed by atoms with van der Waals surface area (Å²) >= 11 is 0. The Balaban J connectivity index is 2.43. The molecule has 0 radical (unpaired) electrons. The van der Waals surface area contributed by atoms with Crippen LogP contribution in [0.1, 0.15) is 0 Å². The van der Waals surface area contributed by atoms with E-state index < -0.39 is 0 Å². The zero-order valence-electron chi connectivity index (χ0n) is 8.34. The van der Waals surface area contributed by atoms with Crippen LogP contribution in [-0.2, 0) is 0 Å². The highest BCUT2D eigenvalue weighted by molar-refractivity contribution is 5.87. The van der Waals surface area contributed by atoms with Crippen LogP contribution in [0.15, 0.2) is 42.9 Å². The molecule has 74 valence electrons. The molecule has 15 heavy (non-hydrogen) atoms. The molecule has 0 N–H and O–H groups in total. The minimum absolute atomic E-state index is 0.881. The Morgan fingerprint density at radius 3 is 3.07 bits per heavy atom. The van der Waals surface area contributed by atoms with E-state index in [2.05, 4.69) is 21.5 Å². The number of benzene rings is 1. The maximum absolute atomic E-state index is 5.19. The predicted molar refractivity (Wildman–Crippen MR) is 59.3 cm³/mol. The Morgan fingerprint density at radius 1 is 1.27 bits per heavy atom. The Hall–Kier alpha value is -2.03. The monoisotopic (exact) mass is 198 g/mol. The molecule has 2 heterocycles. The Labute approximate surface area is 86.9 Å². The molecule has 0 fully saturated rings. The molecule has 0 unspecified atom stereocenters. The van der Waals surface area contributed by atoms with E-state index in [1.54, 1.807) is 13.3 Å². The molecular formula is C12H10N2O. The second kappa shape index (κ2) is 2.98. The van der Waals surface area contributed by atoms with Gasteiger partial charge in [0.15, 0.2) is 0 Å². The average Bonchev–Trinajstić information content (AvgIpc) is 2.66. The van der Waals surface area contributed by atoms with Crippen LogP contribution in [0.3, 0.4) is 0 Å². The van der Waals surface area contributed by atoms with Crippen molar-refractivity contribution in [3.63, 3.8) is 0 Å². The maximum Gasteiger partial charge on any atom is 0.119 e. The van der Waals surface area contributed by atoms with Crippen molar-refractivity contribution < 1.29 is 4.74 Å². The number of nitrogens with zero attached hydrogens (tertiary/aromatic N) is 2. The van der Waals surface area contributed by atoms with Crippen molar-refractivity contribution in [2.45, 2.75) is 0 Å². The SMILES string of the molecule is COc1ccc2c(c1)cc1cnccn12. The third kappa shape index (κ3) is 1.16. The molecular weight excluding hydrogens is 188 g/mol. The van der Waals surface area contributed by atoms with Crippen LogP contribution in [0.5, 0.6) is 5.75 Å². The second-order valence-electron chi connectivity index (χ2n) is 3.44. The number of methoxy groups -OCH3 is 1. The van der Waals surface area contributed by atoms with E-state index in [4.69, 9.17) is 4.74 Å². The maximum atomic E-state index is 5.19. The van der Waals surface area contributed by atoms with Gasteiger partial charge in [0.05, 0.1) is 24.3 Å². The molecule has 0 bridgehead atoms. The van der Waals surface area contributed by atoms with Gasteiger partial charge in [-0.3, -0.25) is 4.98 Å². The van der Waals surface area contributed by atoms with Gasteiger partial charge in [0, 0.05) is 17.8 Å². The molecule has 0 amide bonds. The van der Waals surface area contributed by atoms with Crippen molar-refractivity contribution in [2.24, 2.45) is 0 Å². The molecule has 0 saturated carbocycles. The summed E-state index contributed by atoms with van der Waals surface area (Å²) in [5, 5.41) is 1.17. The van der Waals surface area contributed by atoms with Gasteiger partial charge in [0.25, 0.3) is 0 Å². The number of fused-ring (bicyclic) bond motifs is 3. The molecule has 3 aromatic rings. The van der Waals surface area contributed by atoms with E-state index >= 15 is 0 Å². The van der Waals surface area contributed by atoms with Crippen molar-refractivity contribution in [2.75, 3.05) is 7.11 Å². The van der Waals surface area contributed by atoms with Crippen LogP contribution in [0.4, 0.5) is 0 Å². The van der Waals surface area contributed by atoms with Crippen molar-refractivity contribution >= 4 is 16.4 Å².